The molecule has 1 saturated carbocycles. The monoisotopic (exact) mass is 262 g/mol. The van der Waals surface area contributed by atoms with Crippen molar-refractivity contribution in [2.45, 2.75) is 32.3 Å². The molecule has 0 bridgehead atoms. The van der Waals surface area contributed by atoms with E-state index in [0.717, 1.165) is 12.2 Å². The molecule has 0 N–H and O–H groups in total. The number of ketones is 1. The number of hydrogen-bond donors (Lipinski definition) is 0. The number of furan rings is 1. The first-order chi connectivity index (χ1) is 9.10. The molecule has 0 radical (unpaired) electrons. The lowest BCUT2D eigenvalue weighted by molar-refractivity contribution is -0.156. The van der Waals surface area contributed by atoms with E-state index < -0.39 is 12.1 Å². The molecule has 1 aliphatic rings. The summed E-state index contributed by atoms with van der Waals surface area (Å²) in [6, 6.07) is 3.76. The van der Waals surface area contributed by atoms with Gasteiger partial charge in [0, 0.05) is 19.8 Å². The van der Waals surface area contributed by atoms with Crippen molar-refractivity contribution in [1.29, 1.82) is 0 Å². The van der Waals surface area contributed by atoms with Crippen LogP contribution in [0.1, 0.15) is 25.5 Å². The van der Waals surface area contributed by atoms with Gasteiger partial charge in [-0.3, -0.25) is 9.59 Å². The van der Waals surface area contributed by atoms with Gasteiger partial charge in [0.05, 0.1) is 6.26 Å². The summed E-state index contributed by atoms with van der Waals surface area (Å²) in [7, 11) is 0. The lowest BCUT2D eigenvalue weighted by Crippen LogP contribution is -2.38. The molecule has 4 heteroatoms. The van der Waals surface area contributed by atoms with Crippen LogP contribution in [0.15, 0.2) is 35.5 Å². The van der Waals surface area contributed by atoms with E-state index in [0.29, 0.717) is 12.8 Å². The Morgan fingerprint density at radius 3 is 3.00 bits per heavy atom. The minimum atomic E-state index is -0.617. The first kappa shape index (κ1) is 13.6. The zero-order valence-electron chi connectivity index (χ0n) is 11.0. The molecule has 19 heavy (non-hydrogen) atoms. The first-order valence-corrected chi connectivity index (χ1v) is 6.45. The van der Waals surface area contributed by atoms with Crippen LogP contribution in [-0.2, 0) is 20.7 Å². The maximum absolute atomic E-state index is 11.9. The Bertz CT molecular complexity index is 460. The van der Waals surface area contributed by atoms with Crippen LogP contribution in [0.25, 0.3) is 0 Å². The second kappa shape index (κ2) is 5.87. The van der Waals surface area contributed by atoms with Crippen molar-refractivity contribution >= 4 is 11.8 Å². The largest absolute Gasteiger partial charge is 0.469 e. The van der Waals surface area contributed by atoms with Crippen molar-refractivity contribution in [3.8, 4) is 0 Å². The Kier molecular flexibility index (Phi) is 4.20. The smallest absolute Gasteiger partial charge is 0.303 e. The molecule has 0 saturated heterocycles. The number of allylic oxidation sites excluding steroid dienone is 1. The average Bonchev–Trinajstić information content (AvgIpc) is 2.85. The van der Waals surface area contributed by atoms with E-state index in [1.165, 1.54) is 6.92 Å². The topological polar surface area (TPSA) is 56.5 Å². The van der Waals surface area contributed by atoms with Crippen LogP contribution in [0.2, 0.25) is 0 Å². The van der Waals surface area contributed by atoms with Gasteiger partial charge < -0.3 is 9.15 Å². The highest BCUT2D eigenvalue weighted by Gasteiger charge is 2.36. The third-order valence-electron chi connectivity index (χ3n) is 3.57. The minimum Gasteiger partial charge on any atom is -0.469 e. The van der Waals surface area contributed by atoms with E-state index in [-0.39, 0.29) is 17.6 Å². The molecule has 1 heterocycles. The van der Waals surface area contributed by atoms with Crippen LogP contribution in [-0.4, -0.2) is 17.9 Å². The molecule has 0 amide bonds. The van der Waals surface area contributed by atoms with Gasteiger partial charge in [0.1, 0.15) is 5.76 Å². The lowest BCUT2D eigenvalue weighted by atomic mass is 9.75. The van der Waals surface area contributed by atoms with Gasteiger partial charge in [0.25, 0.3) is 0 Å². The van der Waals surface area contributed by atoms with Crippen molar-refractivity contribution in [2.75, 3.05) is 0 Å². The molecule has 0 spiro atoms. The second-order valence-corrected chi connectivity index (χ2v) is 4.95. The Hall–Kier alpha value is -1.84. The number of rotatable bonds is 4. The van der Waals surface area contributed by atoms with Gasteiger partial charge in [-0.15, -0.1) is 6.58 Å². The van der Waals surface area contributed by atoms with E-state index in [1.807, 2.05) is 18.2 Å². The summed E-state index contributed by atoms with van der Waals surface area (Å²) in [5.41, 5.74) is 0. The average molecular weight is 262 g/mol. The fourth-order valence-electron chi connectivity index (χ4n) is 2.62. The summed E-state index contributed by atoms with van der Waals surface area (Å²) < 4.78 is 10.4. The highest BCUT2D eigenvalue weighted by atomic mass is 16.5. The highest BCUT2D eigenvalue weighted by Crippen LogP contribution is 2.33. The minimum absolute atomic E-state index is 0.0178. The third kappa shape index (κ3) is 3.34. The molecule has 0 aliphatic heterocycles. The summed E-state index contributed by atoms with van der Waals surface area (Å²) in [5.74, 6) is 0.783. The van der Waals surface area contributed by atoms with Gasteiger partial charge in [-0.25, -0.2) is 0 Å². The molecule has 2 rings (SSSR count). The van der Waals surface area contributed by atoms with Gasteiger partial charge in [-0.05, 0) is 30.4 Å². The Morgan fingerprint density at radius 1 is 1.63 bits per heavy atom. The Labute approximate surface area is 112 Å². The van der Waals surface area contributed by atoms with Crippen molar-refractivity contribution in [2.24, 2.45) is 11.8 Å². The number of Topliss-reactive ketones (excluding diaryl/α,β-unsaturated/α-hetero) is 1. The predicted octanol–water partition coefficient (Wildman–Crippen LogP) is 2.54. The van der Waals surface area contributed by atoms with Gasteiger partial charge in [-0.1, -0.05) is 6.08 Å². The fourth-order valence-corrected chi connectivity index (χ4v) is 2.62. The zero-order valence-corrected chi connectivity index (χ0v) is 11.0. The van der Waals surface area contributed by atoms with Crippen LogP contribution in [0.4, 0.5) is 0 Å². The number of carbonyl (C=O) groups is 2. The maximum Gasteiger partial charge on any atom is 0.303 e. The molecule has 1 aromatic rings. The highest BCUT2D eigenvalue weighted by molar-refractivity contribution is 5.86. The summed E-state index contributed by atoms with van der Waals surface area (Å²) in [6.45, 7) is 5.12. The van der Waals surface area contributed by atoms with E-state index in [4.69, 9.17) is 9.15 Å². The van der Waals surface area contributed by atoms with Gasteiger partial charge in [0.2, 0.25) is 0 Å². The number of carbonyl (C=O) groups excluding carboxylic acids is 2. The van der Waals surface area contributed by atoms with E-state index in [9.17, 15) is 9.59 Å². The van der Waals surface area contributed by atoms with Crippen LogP contribution in [0.5, 0.6) is 0 Å². The summed E-state index contributed by atoms with van der Waals surface area (Å²) >= 11 is 0. The summed E-state index contributed by atoms with van der Waals surface area (Å²) in [4.78, 5) is 22.9. The second-order valence-electron chi connectivity index (χ2n) is 4.95. The molecular weight excluding hydrogens is 244 g/mol. The molecule has 0 aromatic carbocycles. The standard InChI is InChI=1S/C15H18O4/c1-3-11-8-14(17)15(19-10(2)16)9-12(11)7-13-5-4-6-18-13/h3-6,11-12,15H,1,7-9H2,2H3/t11-,12+,15+/m1/s1. The van der Waals surface area contributed by atoms with Crippen molar-refractivity contribution < 1.29 is 18.7 Å². The molecule has 1 fully saturated rings. The Morgan fingerprint density at radius 2 is 2.42 bits per heavy atom. The Balaban J connectivity index is 2.07. The number of hydrogen-bond acceptors (Lipinski definition) is 4. The molecular formula is C15H18O4. The van der Waals surface area contributed by atoms with Crippen molar-refractivity contribution in [3.63, 3.8) is 0 Å². The van der Waals surface area contributed by atoms with Crippen LogP contribution < -0.4 is 0 Å². The molecule has 1 aliphatic carbocycles. The maximum atomic E-state index is 11.9. The normalized spacial score (nSPS) is 27.0. The molecule has 1 aromatic heterocycles. The van der Waals surface area contributed by atoms with Crippen LogP contribution >= 0.6 is 0 Å². The first-order valence-electron chi connectivity index (χ1n) is 6.45. The fraction of sp³-hybridized carbons (Fsp3) is 0.467. The predicted molar refractivity (Wildman–Crippen MR) is 69.4 cm³/mol. The molecule has 102 valence electrons. The van der Waals surface area contributed by atoms with E-state index >= 15 is 0 Å². The van der Waals surface area contributed by atoms with Crippen molar-refractivity contribution in [3.05, 3.63) is 36.8 Å². The van der Waals surface area contributed by atoms with Crippen LogP contribution in [0, 0.1) is 11.8 Å². The van der Waals surface area contributed by atoms with Gasteiger partial charge in [0.15, 0.2) is 11.9 Å². The molecule has 3 atom stereocenters. The van der Waals surface area contributed by atoms with Crippen molar-refractivity contribution in [1.82, 2.24) is 0 Å². The van der Waals surface area contributed by atoms with Gasteiger partial charge >= 0.3 is 5.97 Å². The SMILES string of the molecule is C=C[C@@H]1CC(=O)[C@@H](OC(C)=O)C[C@@H]1Cc1ccco1. The van der Waals surface area contributed by atoms with E-state index in [2.05, 4.69) is 6.58 Å². The third-order valence-corrected chi connectivity index (χ3v) is 3.57. The molecule has 0 unspecified atom stereocenters. The van der Waals surface area contributed by atoms with Crippen LogP contribution in [0.3, 0.4) is 0 Å². The summed E-state index contributed by atoms with van der Waals surface area (Å²) in [5, 5.41) is 0. The quantitative estimate of drug-likeness (QED) is 0.618. The zero-order chi connectivity index (χ0) is 13.8. The van der Waals surface area contributed by atoms with E-state index in [1.54, 1.807) is 6.26 Å². The molecule has 4 nitrogen and oxygen atoms in total. The van der Waals surface area contributed by atoms with Gasteiger partial charge in [-0.2, -0.15) is 0 Å². The summed E-state index contributed by atoms with van der Waals surface area (Å²) in [6.07, 6.45) is 4.48. The number of ether oxygens (including phenoxy) is 1. The number of esters is 1. The lowest BCUT2D eigenvalue weighted by Gasteiger charge is -2.32.